The second kappa shape index (κ2) is 10.8. The molecule has 21 heavy (non-hydrogen) atoms. The van der Waals surface area contributed by atoms with Gasteiger partial charge in [0.2, 0.25) is 0 Å². The minimum atomic E-state index is -2.43. The summed E-state index contributed by atoms with van der Waals surface area (Å²) >= 11 is 3.03. The van der Waals surface area contributed by atoms with Crippen molar-refractivity contribution in [2.45, 2.75) is 60.3 Å². The molecule has 0 bridgehead atoms. The Hall–Kier alpha value is -0.880. The molecule has 2 heterocycles. The van der Waals surface area contributed by atoms with Crippen LogP contribution in [0.1, 0.15) is 68.4 Å². The molecule has 120 valence electrons. The first-order valence-electron chi connectivity index (χ1n) is 7.08. The summed E-state index contributed by atoms with van der Waals surface area (Å²) < 4.78 is 24.0. The number of aromatic nitrogens is 2. The Morgan fingerprint density at radius 1 is 1.10 bits per heavy atom. The zero-order valence-corrected chi connectivity index (χ0v) is 15.1. The molecule has 0 spiro atoms. The number of alkyl halides is 2. The number of nitrogens with zero attached hydrogens (tertiary/aromatic N) is 2. The van der Waals surface area contributed by atoms with Crippen LogP contribution in [0.25, 0.3) is 0 Å². The van der Waals surface area contributed by atoms with E-state index < -0.39 is 6.43 Å². The van der Waals surface area contributed by atoms with E-state index in [1.54, 1.807) is 11.3 Å². The van der Waals surface area contributed by atoms with Gasteiger partial charge in [-0.05, 0) is 13.3 Å². The van der Waals surface area contributed by atoms with Crippen molar-refractivity contribution in [3.05, 3.63) is 32.2 Å². The number of hydrogen-bond acceptors (Lipinski definition) is 4. The summed E-state index contributed by atoms with van der Waals surface area (Å²) in [5.74, 6) is 0.243. The Morgan fingerprint density at radius 2 is 1.71 bits per heavy atom. The highest BCUT2D eigenvalue weighted by Crippen LogP contribution is 2.24. The molecule has 0 amide bonds. The summed E-state index contributed by atoms with van der Waals surface area (Å²) in [6.07, 6.45) is -1.36. The Bertz CT molecular complexity index is 471. The van der Waals surface area contributed by atoms with Gasteiger partial charge in [-0.3, -0.25) is 0 Å². The lowest BCUT2D eigenvalue weighted by molar-refractivity contribution is 0.146. The van der Waals surface area contributed by atoms with Crippen LogP contribution >= 0.6 is 22.7 Å². The van der Waals surface area contributed by atoms with Gasteiger partial charge < -0.3 is 0 Å². The maximum atomic E-state index is 12.0. The molecule has 0 aliphatic carbocycles. The number of aryl methyl sites for hydroxylation is 2. The molecule has 0 unspecified atom stereocenters. The third kappa shape index (κ3) is 7.62. The molecule has 6 heteroatoms. The van der Waals surface area contributed by atoms with Crippen LogP contribution < -0.4 is 0 Å². The van der Waals surface area contributed by atoms with Gasteiger partial charge >= 0.3 is 0 Å². The van der Waals surface area contributed by atoms with Gasteiger partial charge in [-0.25, -0.2) is 18.7 Å². The molecule has 0 saturated carbocycles. The maximum absolute atomic E-state index is 12.0. The summed E-state index contributed by atoms with van der Waals surface area (Å²) in [5, 5.41) is 5.52. The SMILES string of the molecule is CC.CC(C)c1nc(C(F)F)cs1.CCc1nc(C)cs1. The highest BCUT2D eigenvalue weighted by Gasteiger charge is 2.12. The molecule has 0 N–H and O–H groups in total. The monoisotopic (exact) mass is 334 g/mol. The average Bonchev–Trinajstić information content (AvgIpc) is 3.10. The molecule has 2 rings (SSSR count). The van der Waals surface area contributed by atoms with Crippen LogP contribution in [0.2, 0.25) is 0 Å². The predicted octanol–water partition coefficient (Wildman–Crippen LogP) is 6.24. The van der Waals surface area contributed by atoms with Crippen LogP contribution in [0.15, 0.2) is 10.8 Å². The number of halogens is 2. The molecule has 0 aromatic carbocycles. The molecule has 0 saturated heterocycles. The number of hydrogen-bond donors (Lipinski definition) is 0. The molecule has 2 aromatic heterocycles. The Labute approximate surface area is 134 Å². The summed E-state index contributed by atoms with van der Waals surface area (Å²) in [6.45, 7) is 12.0. The van der Waals surface area contributed by atoms with E-state index >= 15 is 0 Å². The summed E-state index contributed by atoms with van der Waals surface area (Å²) in [5.41, 5.74) is 1.05. The summed E-state index contributed by atoms with van der Waals surface area (Å²) in [6, 6.07) is 0. The number of rotatable bonds is 3. The molecular weight excluding hydrogens is 310 g/mol. The molecule has 0 aliphatic heterocycles. The van der Waals surface area contributed by atoms with Crippen LogP contribution in [-0.4, -0.2) is 9.97 Å². The van der Waals surface area contributed by atoms with E-state index in [1.807, 2.05) is 34.6 Å². The average molecular weight is 335 g/mol. The zero-order chi connectivity index (χ0) is 16.4. The van der Waals surface area contributed by atoms with E-state index in [-0.39, 0.29) is 11.6 Å². The Balaban J connectivity index is 0.000000354. The van der Waals surface area contributed by atoms with E-state index in [9.17, 15) is 8.78 Å². The first kappa shape index (κ1) is 20.1. The highest BCUT2D eigenvalue weighted by atomic mass is 32.1. The van der Waals surface area contributed by atoms with Crippen LogP contribution in [0.4, 0.5) is 8.78 Å². The minimum Gasteiger partial charge on any atom is -0.247 e. The second-order valence-corrected chi connectivity index (χ2v) is 6.13. The van der Waals surface area contributed by atoms with Gasteiger partial charge in [0, 0.05) is 22.4 Å². The molecular formula is C15H24F2N2S2. The lowest BCUT2D eigenvalue weighted by Crippen LogP contribution is -1.88. The lowest BCUT2D eigenvalue weighted by Gasteiger charge is -1.95. The van der Waals surface area contributed by atoms with Gasteiger partial charge in [-0.1, -0.05) is 34.6 Å². The Kier molecular flexibility index (Phi) is 10.3. The smallest absolute Gasteiger partial charge is 0.247 e. The highest BCUT2D eigenvalue weighted by molar-refractivity contribution is 7.10. The standard InChI is InChI=1S/C7H9F2NS.C6H9NS.C2H6/c1-4(2)7-10-5(3-11-7)6(8)9;1-3-6-7-5(2)4-8-6;1-2/h3-4,6H,1-2H3;4H,3H2,1-2H3;1-2H3. The van der Waals surface area contributed by atoms with Gasteiger partial charge in [0.25, 0.3) is 6.43 Å². The minimum absolute atomic E-state index is 0.0984. The van der Waals surface area contributed by atoms with Crippen molar-refractivity contribution in [1.82, 2.24) is 9.97 Å². The van der Waals surface area contributed by atoms with Gasteiger partial charge in [-0.2, -0.15) is 0 Å². The fourth-order valence-electron chi connectivity index (χ4n) is 1.23. The van der Waals surface area contributed by atoms with E-state index in [0.29, 0.717) is 0 Å². The molecule has 2 aromatic rings. The van der Waals surface area contributed by atoms with Crippen molar-refractivity contribution in [1.29, 1.82) is 0 Å². The van der Waals surface area contributed by atoms with Crippen molar-refractivity contribution < 1.29 is 8.78 Å². The van der Waals surface area contributed by atoms with Crippen molar-refractivity contribution in [2.75, 3.05) is 0 Å². The van der Waals surface area contributed by atoms with Gasteiger partial charge in [0.1, 0.15) is 5.69 Å². The van der Waals surface area contributed by atoms with Crippen molar-refractivity contribution in [3.8, 4) is 0 Å². The number of thiazole rings is 2. The van der Waals surface area contributed by atoms with Gasteiger partial charge in [0.05, 0.1) is 10.0 Å². The maximum Gasteiger partial charge on any atom is 0.281 e. The first-order chi connectivity index (χ1) is 9.93. The van der Waals surface area contributed by atoms with Crippen molar-refractivity contribution in [2.24, 2.45) is 0 Å². The molecule has 0 radical (unpaired) electrons. The topological polar surface area (TPSA) is 25.8 Å². The lowest BCUT2D eigenvalue weighted by atomic mass is 10.2. The largest absolute Gasteiger partial charge is 0.281 e. The van der Waals surface area contributed by atoms with Crippen molar-refractivity contribution >= 4 is 22.7 Å². The fourth-order valence-corrected chi connectivity index (χ4v) is 2.78. The van der Waals surface area contributed by atoms with Crippen LogP contribution in [0, 0.1) is 6.92 Å². The molecule has 0 aliphatic rings. The van der Waals surface area contributed by atoms with Crippen LogP contribution in [-0.2, 0) is 6.42 Å². The van der Waals surface area contributed by atoms with Gasteiger partial charge in [0.15, 0.2) is 0 Å². The summed E-state index contributed by atoms with van der Waals surface area (Å²) in [7, 11) is 0. The van der Waals surface area contributed by atoms with Crippen molar-refractivity contribution in [3.63, 3.8) is 0 Å². The predicted molar refractivity (Wildman–Crippen MR) is 88.7 cm³/mol. The molecule has 2 nitrogen and oxygen atoms in total. The Morgan fingerprint density at radius 3 is 1.95 bits per heavy atom. The quantitative estimate of drug-likeness (QED) is 0.663. The first-order valence-corrected chi connectivity index (χ1v) is 8.84. The van der Waals surface area contributed by atoms with E-state index in [0.717, 1.165) is 17.1 Å². The van der Waals surface area contributed by atoms with Crippen LogP contribution in [0.3, 0.4) is 0 Å². The van der Waals surface area contributed by atoms with E-state index in [2.05, 4.69) is 22.3 Å². The zero-order valence-electron chi connectivity index (χ0n) is 13.5. The van der Waals surface area contributed by atoms with Crippen LogP contribution in [0.5, 0.6) is 0 Å². The molecule has 0 fully saturated rings. The normalized spacial score (nSPS) is 10.0. The summed E-state index contributed by atoms with van der Waals surface area (Å²) in [4.78, 5) is 8.03. The third-order valence-corrected chi connectivity index (χ3v) is 4.50. The molecule has 0 atom stereocenters. The third-order valence-electron chi connectivity index (χ3n) is 2.23. The van der Waals surface area contributed by atoms with E-state index in [4.69, 9.17) is 0 Å². The second-order valence-electron chi connectivity index (χ2n) is 4.30. The van der Waals surface area contributed by atoms with E-state index in [1.165, 1.54) is 21.7 Å². The fraction of sp³-hybridized carbons (Fsp3) is 0.600. The van der Waals surface area contributed by atoms with Gasteiger partial charge in [-0.15, -0.1) is 22.7 Å².